The maximum atomic E-state index is 12.1. The zero-order valence-electron chi connectivity index (χ0n) is 14.4. The Morgan fingerprint density at radius 3 is 2.52 bits per heavy atom. The Morgan fingerprint density at radius 1 is 1.22 bits per heavy atom. The molecule has 1 saturated carbocycles. The van der Waals surface area contributed by atoms with Gasteiger partial charge in [-0.25, -0.2) is 0 Å². The average Bonchev–Trinajstić information content (AvgIpc) is 3.25. The summed E-state index contributed by atoms with van der Waals surface area (Å²) < 4.78 is 5.37. The van der Waals surface area contributed by atoms with Gasteiger partial charge in [-0.2, -0.15) is 0 Å². The van der Waals surface area contributed by atoms with Crippen molar-refractivity contribution in [3.05, 3.63) is 23.8 Å². The molecular formula is C18H26N2O3. The fraction of sp³-hybridized carbons (Fsp3) is 0.556. The molecule has 1 aliphatic rings. The van der Waals surface area contributed by atoms with E-state index < -0.39 is 5.41 Å². The molecule has 5 heteroatoms. The first-order chi connectivity index (χ1) is 10.8. The smallest absolute Gasteiger partial charge is 0.250 e. The third-order valence-corrected chi connectivity index (χ3v) is 3.73. The number of amides is 2. The van der Waals surface area contributed by atoms with Crippen LogP contribution in [0, 0.1) is 18.3 Å². The summed E-state index contributed by atoms with van der Waals surface area (Å²) in [6.07, 6.45) is 2.41. The lowest BCUT2D eigenvalue weighted by Gasteiger charge is -2.19. The molecule has 0 radical (unpaired) electrons. The summed E-state index contributed by atoms with van der Waals surface area (Å²) in [6, 6.07) is 5.47. The predicted molar refractivity (Wildman–Crippen MR) is 91.4 cm³/mol. The molecule has 0 saturated heterocycles. The van der Waals surface area contributed by atoms with Gasteiger partial charge in [0.15, 0.2) is 0 Å². The van der Waals surface area contributed by atoms with Crippen LogP contribution in [0.2, 0.25) is 0 Å². The van der Waals surface area contributed by atoms with Gasteiger partial charge in [0.2, 0.25) is 11.8 Å². The van der Waals surface area contributed by atoms with Crippen LogP contribution in [-0.4, -0.2) is 25.0 Å². The number of hydrogen-bond donors (Lipinski definition) is 2. The molecule has 0 aromatic heterocycles. The summed E-state index contributed by atoms with van der Waals surface area (Å²) in [5.74, 6) is 0.404. The lowest BCUT2D eigenvalue weighted by molar-refractivity contribution is -0.123. The summed E-state index contributed by atoms with van der Waals surface area (Å²) in [6.45, 7) is 8.23. The second-order valence-electron chi connectivity index (χ2n) is 7.24. The molecule has 0 atom stereocenters. The van der Waals surface area contributed by atoms with Crippen molar-refractivity contribution in [1.29, 1.82) is 0 Å². The second kappa shape index (κ2) is 7.13. The quantitative estimate of drug-likeness (QED) is 0.845. The van der Waals surface area contributed by atoms with Gasteiger partial charge in [0.25, 0.3) is 0 Å². The van der Waals surface area contributed by atoms with Crippen molar-refractivity contribution in [3.8, 4) is 0 Å². The molecule has 2 amide bonds. The van der Waals surface area contributed by atoms with Crippen LogP contribution in [0.5, 0.6) is 0 Å². The van der Waals surface area contributed by atoms with E-state index in [2.05, 4.69) is 10.6 Å². The number of carbonyl (C=O) groups excluding carboxylic acids is 2. The van der Waals surface area contributed by atoms with E-state index in [1.165, 1.54) is 12.8 Å². The van der Waals surface area contributed by atoms with E-state index in [4.69, 9.17) is 4.74 Å². The Hall–Kier alpha value is -1.88. The molecule has 2 rings (SSSR count). The topological polar surface area (TPSA) is 67.4 Å². The largest absolute Gasteiger partial charge is 0.371 e. The van der Waals surface area contributed by atoms with E-state index in [0.29, 0.717) is 23.9 Å². The lowest BCUT2D eigenvalue weighted by atomic mass is 9.95. The van der Waals surface area contributed by atoms with Crippen molar-refractivity contribution >= 4 is 23.2 Å². The number of carbonyl (C=O) groups is 2. The molecular weight excluding hydrogens is 292 g/mol. The molecule has 2 N–H and O–H groups in total. The molecule has 1 aromatic rings. The predicted octanol–water partition coefficient (Wildman–Crippen LogP) is 3.34. The van der Waals surface area contributed by atoms with E-state index in [0.717, 1.165) is 5.56 Å². The average molecular weight is 318 g/mol. The van der Waals surface area contributed by atoms with Gasteiger partial charge >= 0.3 is 0 Å². The molecule has 126 valence electrons. The number of hydrogen-bond acceptors (Lipinski definition) is 3. The van der Waals surface area contributed by atoms with Gasteiger partial charge in [-0.1, -0.05) is 26.8 Å². The first kappa shape index (κ1) is 17.5. The molecule has 1 fully saturated rings. The standard InChI is InChI=1S/C18H26N2O3/c1-12-5-8-14(9-15(12)20-17(22)18(2,3)4)19-16(21)11-23-10-13-6-7-13/h5,8-9,13H,6-7,10-11H2,1-4H3,(H,19,21)(H,20,22). The summed E-state index contributed by atoms with van der Waals surface area (Å²) >= 11 is 0. The zero-order valence-corrected chi connectivity index (χ0v) is 14.4. The number of aryl methyl sites for hydroxylation is 1. The van der Waals surface area contributed by atoms with Crippen molar-refractivity contribution in [2.75, 3.05) is 23.8 Å². The van der Waals surface area contributed by atoms with Crippen molar-refractivity contribution < 1.29 is 14.3 Å². The normalized spacial score (nSPS) is 14.4. The Balaban J connectivity index is 1.92. The van der Waals surface area contributed by atoms with Crippen molar-refractivity contribution in [1.82, 2.24) is 0 Å². The number of nitrogens with one attached hydrogen (secondary N) is 2. The van der Waals surface area contributed by atoms with E-state index in [1.807, 2.05) is 39.8 Å². The minimum absolute atomic E-state index is 0.0585. The van der Waals surface area contributed by atoms with E-state index in [9.17, 15) is 9.59 Å². The van der Waals surface area contributed by atoms with Gasteiger partial charge in [-0.05, 0) is 43.4 Å². The third-order valence-electron chi connectivity index (χ3n) is 3.73. The van der Waals surface area contributed by atoms with Gasteiger partial charge in [-0.3, -0.25) is 9.59 Å². The van der Waals surface area contributed by atoms with E-state index in [1.54, 1.807) is 6.07 Å². The van der Waals surface area contributed by atoms with Crippen LogP contribution in [0.25, 0.3) is 0 Å². The highest BCUT2D eigenvalue weighted by molar-refractivity contribution is 5.97. The van der Waals surface area contributed by atoms with Crippen LogP contribution in [0.15, 0.2) is 18.2 Å². The van der Waals surface area contributed by atoms with Crippen LogP contribution < -0.4 is 10.6 Å². The second-order valence-corrected chi connectivity index (χ2v) is 7.24. The van der Waals surface area contributed by atoms with Gasteiger partial charge in [0, 0.05) is 16.8 Å². The van der Waals surface area contributed by atoms with Crippen LogP contribution >= 0.6 is 0 Å². The highest BCUT2D eigenvalue weighted by atomic mass is 16.5. The molecule has 5 nitrogen and oxygen atoms in total. The first-order valence-electron chi connectivity index (χ1n) is 8.05. The summed E-state index contributed by atoms with van der Waals surface area (Å²) in [5, 5.41) is 5.71. The lowest BCUT2D eigenvalue weighted by Crippen LogP contribution is -2.28. The Labute approximate surface area is 137 Å². The Kier molecular flexibility index (Phi) is 5.42. The molecule has 0 unspecified atom stereocenters. The third kappa shape index (κ3) is 5.67. The van der Waals surface area contributed by atoms with Crippen LogP contribution in [0.1, 0.15) is 39.2 Å². The highest BCUT2D eigenvalue weighted by Crippen LogP contribution is 2.28. The number of rotatable bonds is 6. The molecule has 0 bridgehead atoms. The summed E-state index contributed by atoms with van der Waals surface area (Å²) in [5.41, 5.74) is 1.84. The molecule has 23 heavy (non-hydrogen) atoms. The molecule has 1 aliphatic carbocycles. The van der Waals surface area contributed by atoms with E-state index >= 15 is 0 Å². The van der Waals surface area contributed by atoms with Crippen molar-refractivity contribution in [2.24, 2.45) is 11.3 Å². The van der Waals surface area contributed by atoms with E-state index in [-0.39, 0.29) is 18.4 Å². The minimum Gasteiger partial charge on any atom is -0.371 e. The maximum Gasteiger partial charge on any atom is 0.250 e. The van der Waals surface area contributed by atoms with Crippen molar-refractivity contribution in [2.45, 2.75) is 40.5 Å². The molecule has 0 spiro atoms. The minimum atomic E-state index is -0.470. The number of benzene rings is 1. The molecule has 0 aliphatic heterocycles. The Morgan fingerprint density at radius 2 is 1.91 bits per heavy atom. The number of ether oxygens (including phenoxy) is 1. The van der Waals surface area contributed by atoms with Gasteiger partial charge in [-0.15, -0.1) is 0 Å². The zero-order chi connectivity index (χ0) is 17.0. The van der Waals surface area contributed by atoms with Crippen LogP contribution in [0.3, 0.4) is 0 Å². The Bertz CT molecular complexity index is 586. The monoisotopic (exact) mass is 318 g/mol. The fourth-order valence-corrected chi connectivity index (χ4v) is 1.94. The SMILES string of the molecule is Cc1ccc(NC(=O)COCC2CC2)cc1NC(=O)C(C)(C)C. The summed E-state index contributed by atoms with van der Waals surface area (Å²) in [7, 11) is 0. The maximum absolute atomic E-state index is 12.1. The number of anilines is 2. The molecule has 1 aromatic carbocycles. The van der Waals surface area contributed by atoms with Crippen LogP contribution in [-0.2, 0) is 14.3 Å². The molecule has 0 heterocycles. The van der Waals surface area contributed by atoms with Crippen LogP contribution in [0.4, 0.5) is 11.4 Å². The van der Waals surface area contributed by atoms with Crippen molar-refractivity contribution in [3.63, 3.8) is 0 Å². The summed E-state index contributed by atoms with van der Waals surface area (Å²) in [4.78, 5) is 24.0. The van der Waals surface area contributed by atoms with Gasteiger partial charge in [0.05, 0.1) is 6.61 Å². The first-order valence-corrected chi connectivity index (χ1v) is 8.05. The highest BCUT2D eigenvalue weighted by Gasteiger charge is 2.22. The van der Waals surface area contributed by atoms with Gasteiger partial charge in [0.1, 0.15) is 6.61 Å². The van der Waals surface area contributed by atoms with Gasteiger partial charge < -0.3 is 15.4 Å². The fourth-order valence-electron chi connectivity index (χ4n) is 1.94.